The van der Waals surface area contributed by atoms with E-state index in [1.807, 2.05) is 0 Å². The average molecular weight is 671 g/mol. The van der Waals surface area contributed by atoms with Crippen molar-refractivity contribution in [2.75, 3.05) is 10.6 Å². The van der Waals surface area contributed by atoms with Gasteiger partial charge in [0.1, 0.15) is 0 Å². The molecule has 0 atom stereocenters. The van der Waals surface area contributed by atoms with E-state index in [4.69, 9.17) is 0 Å². The summed E-state index contributed by atoms with van der Waals surface area (Å²) in [5.74, 6) is 0. The van der Waals surface area contributed by atoms with Crippen molar-refractivity contribution in [3.05, 3.63) is 133 Å². The van der Waals surface area contributed by atoms with Crippen LogP contribution in [0, 0.1) is 0 Å². The topological polar surface area (TPSA) is 41.1 Å². The molecule has 0 spiro atoms. The summed E-state index contributed by atoms with van der Waals surface area (Å²) >= 11 is -0.0114. The van der Waals surface area contributed by atoms with Crippen LogP contribution < -0.4 is 10.6 Å². The van der Waals surface area contributed by atoms with E-state index >= 15 is 0 Å². The Balaban J connectivity index is 1.19. The van der Waals surface area contributed by atoms with Crippen molar-refractivity contribution in [3.8, 4) is 22.3 Å². The molecule has 0 radical (unpaired) electrons. The van der Waals surface area contributed by atoms with Gasteiger partial charge in [-0.05, 0) is 0 Å². The number of hydrogen-bond donors (Lipinski definition) is 2. The van der Waals surface area contributed by atoms with Crippen molar-refractivity contribution < 1.29 is 4.79 Å². The zero-order valence-corrected chi connectivity index (χ0v) is 25.9. The molecule has 6 aromatic carbocycles. The number of amides is 2. The van der Waals surface area contributed by atoms with Crippen LogP contribution in [0.2, 0.25) is 0 Å². The Morgan fingerprint density at radius 3 is 1.33 bits per heavy atom. The van der Waals surface area contributed by atoms with E-state index in [0.717, 1.165) is 31.4 Å². The minimum atomic E-state index is -0.180. The Kier molecular flexibility index (Phi) is 6.32. The minimum absolute atomic E-state index is 0.00570. The van der Waals surface area contributed by atoms with Gasteiger partial charge in [0.25, 0.3) is 0 Å². The molecule has 3 nitrogen and oxygen atoms in total. The molecule has 2 amide bonds. The van der Waals surface area contributed by atoms with Gasteiger partial charge < -0.3 is 0 Å². The summed E-state index contributed by atoms with van der Waals surface area (Å²) in [6, 6.07) is 46.8. The van der Waals surface area contributed by atoms with Crippen LogP contribution in [0.4, 0.5) is 13.9 Å². The Hall–Kier alpha value is -4.37. The molecule has 2 N–H and O–H groups in total. The standard InChI is InChI=1S/C37H24N2OSe2/c40-37(38-35-33(29-13-5-7-15-31(29)41-35)27-19-17-23-9-1-3-11-25(23)21-27)39-36-34(30-14-6-8-16-32(30)42-36)28-20-18-24-10-2-4-12-26(24)22-28/h1-22H,(H2,38,39,40). The predicted molar refractivity (Wildman–Crippen MR) is 180 cm³/mol. The molecule has 5 heteroatoms. The number of carbonyl (C=O) groups excluding carboxylic acids is 1. The van der Waals surface area contributed by atoms with Crippen molar-refractivity contribution in [1.82, 2.24) is 0 Å². The van der Waals surface area contributed by atoms with Crippen LogP contribution in [0.25, 0.3) is 63.1 Å². The van der Waals surface area contributed by atoms with Gasteiger partial charge in [-0.2, -0.15) is 0 Å². The number of rotatable bonds is 4. The van der Waals surface area contributed by atoms with E-state index in [2.05, 4.69) is 144 Å². The van der Waals surface area contributed by atoms with Gasteiger partial charge in [-0.25, -0.2) is 0 Å². The van der Waals surface area contributed by atoms with E-state index in [1.165, 1.54) is 40.8 Å². The van der Waals surface area contributed by atoms with Crippen molar-refractivity contribution >= 4 is 85.0 Å². The third-order valence-corrected chi connectivity index (χ3v) is 12.3. The number of anilines is 2. The van der Waals surface area contributed by atoms with E-state index in [1.54, 1.807) is 0 Å². The van der Waals surface area contributed by atoms with Gasteiger partial charge in [-0.15, -0.1) is 0 Å². The van der Waals surface area contributed by atoms with Gasteiger partial charge in [0.15, 0.2) is 0 Å². The molecule has 42 heavy (non-hydrogen) atoms. The first-order valence-corrected chi connectivity index (χ1v) is 17.2. The Morgan fingerprint density at radius 2 is 0.857 bits per heavy atom. The van der Waals surface area contributed by atoms with Gasteiger partial charge in [-0.3, -0.25) is 0 Å². The second-order valence-electron chi connectivity index (χ2n) is 10.3. The molecule has 8 rings (SSSR count). The molecule has 0 saturated heterocycles. The fraction of sp³-hybridized carbons (Fsp3) is 0. The van der Waals surface area contributed by atoms with E-state index < -0.39 is 0 Å². The number of fused-ring (bicyclic) bond motifs is 4. The summed E-state index contributed by atoms with van der Waals surface area (Å²) in [5.41, 5.74) is 4.50. The quantitative estimate of drug-likeness (QED) is 0.180. The SMILES string of the molecule is O=C(Nc1[se]c2ccccc2c1-c1ccc2ccccc2c1)Nc1[se]c2ccccc2c1-c1ccc2ccccc2c1. The summed E-state index contributed by atoms with van der Waals surface area (Å²) in [7, 11) is 0. The molecule has 0 aliphatic carbocycles. The first-order valence-electron chi connectivity index (χ1n) is 13.8. The van der Waals surface area contributed by atoms with Gasteiger partial charge >= 0.3 is 256 Å². The predicted octanol–water partition coefficient (Wildman–Crippen LogP) is 9.39. The Morgan fingerprint density at radius 1 is 0.452 bits per heavy atom. The third-order valence-electron chi connectivity index (χ3n) is 7.72. The molecule has 2 aromatic heterocycles. The van der Waals surface area contributed by atoms with Crippen LogP contribution in [-0.4, -0.2) is 35.0 Å². The van der Waals surface area contributed by atoms with Gasteiger partial charge in [0.2, 0.25) is 0 Å². The maximum absolute atomic E-state index is 13.8. The zero-order chi connectivity index (χ0) is 28.0. The molecule has 0 saturated carbocycles. The van der Waals surface area contributed by atoms with Gasteiger partial charge in [0, 0.05) is 0 Å². The average Bonchev–Trinajstić information content (AvgIpc) is 3.57. The van der Waals surface area contributed by atoms with Crippen molar-refractivity contribution in [2.24, 2.45) is 0 Å². The van der Waals surface area contributed by atoms with Crippen LogP contribution in [0.15, 0.2) is 133 Å². The summed E-state index contributed by atoms with van der Waals surface area (Å²) in [6.07, 6.45) is 0. The molecule has 0 aliphatic rings. The maximum atomic E-state index is 13.8. The monoisotopic (exact) mass is 672 g/mol. The van der Waals surface area contributed by atoms with Crippen LogP contribution in [-0.2, 0) is 0 Å². The van der Waals surface area contributed by atoms with E-state index in [9.17, 15) is 4.79 Å². The fourth-order valence-corrected chi connectivity index (χ4v) is 10.5. The van der Waals surface area contributed by atoms with Crippen LogP contribution >= 0.6 is 0 Å². The molecule has 0 fully saturated rings. The van der Waals surface area contributed by atoms with Crippen molar-refractivity contribution in [3.63, 3.8) is 0 Å². The molecular formula is C37H24N2OSe2. The Labute approximate surface area is 254 Å². The van der Waals surface area contributed by atoms with Gasteiger partial charge in [-0.1, -0.05) is 0 Å². The van der Waals surface area contributed by atoms with Crippen molar-refractivity contribution in [2.45, 2.75) is 0 Å². The first-order chi connectivity index (χ1) is 20.7. The summed E-state index contributed by atoms with van der Waals surface area (Å²) in [6.45, 7) is 0. The van der Waals surface area contributed by atoms with Crippen LogP contribution in [0.5, 0.6) is 0 Å². The number of benzene rings is 6. The third kappa shape index (κ3) is 4.48. The van der Waals surface area contributed by atoms with Crippen LogP contribution in [0.1, 0.15) is 0 Å². The summed E-state index contributed by atoms with van der Waals surface area (Å²) in [5, 5.41) is 13.8. The summed E-state index contributed by atoms with van der Waals surface area (Å²) < 4.78 is 4.56. The zero-order valence-electron chi connectivity index (χ0n) is 22.4. The second-order valence-corrected chi connectivity index (χ2v) is 14.7. The number of nitrogens with one attached hydrogen (secondary N) is 2. The van der Waals surface area contributed by atoms with Gasteiger partial charge in [0.05, 0.1) is 0 Å². The fourth-order valence-electron chi connectivity index (χ4n) is 5.77. The number of carbonyl (C=O) groups is 1. The molecule has 0 bridgehead atoms. The Bertz CT molecular complexity index is 2130. The number of hydrogen-bond acceptors (Lipinski definition) is 1. The molecule has 0 aliphatic heterocycles. The molecule has 0 unspecified atom stereocenters. The first kappa shape index (κ1) is 25.3. The summed E-state index contributed by atoms with van der Waals surface area (Å²) in [4.78, 5) is 13.8. The molecular weight excluding hydrogens is 646 g/mol. The normalized spacial score (nSPS) is 11.4. The molecule has 200 valence electrons. The van der Waals surface area contributed by atoms with E-state index in [-0.39, 0.29) is 35.0 Å². The van der Waals surface area contributed by atoms with E-state index in [0.29, 0.717) is 0 Å². The second kappa shape index (κ2) is 10.5. The molecule has 2 heterocycles. The van der Waals surface area contributed by atoms with Crippen LogP contribution in [0.3, 0.4) is 0 Å². The molecule has 8 aromatic rings. The number of urea groups is 1. The van der Waals surface area contributed by atoms with Crippen molar-refractivity contribution in [1.29, 1.82) is 0 Å².